The predicted molar refractivity (Wildman–Crippen MR) is 168 cm³/mol. The van der Waals surface area contributed by atoms with Crippen molar-refractivity contribution < 1.29 is 37.7 Å². The molecular formula is C32H35N5O8S. The van der Waals surface area contributed by atoms with Crippen molar-refractivity contribution in [2.75, 3.05) is 25.5 Å². The maximum Gasteiger partial charge on any atom is 0.350 e. The van der Waals surface area contributed by atoms with E-state index in [1.54, 1.807) is 62.2 Å². The number of thiazole rings is 1. The molecule has 2 aromatic carbocycles. The molecule has 0 bridgehead atoms. The summed E-state index contributed by atoms with van der Waals surface area (Å²) in [5.41, 5.74) is 0.784. The first-order chi connectivity index (χ1) is 21.9. The van der Waals surface area contributed by atoms with Crippen LogP contribution < -0.4 is 14.8 Å². The van der Waals surface area contributed by atoms with Gasteiger partial charge in [-0.3, -0.25) is 14.9 Å². The van der Waals surface area contributed by atoms with Crippen LogP contribution in [0.5, 0.6) is 17.2 Å². The van der Waals surface area contributed by atoms with Gasteiger partial charge in [0.15, 0.2) is 11.2 Å². The third-order valence-corrected chi connectivity index (χ3v) is 7.68. The number of carbonyl (C=O) groups is 3. The number of carbonyl (C=O) groups excluding carboxylic acids is 3. The molecule has 1 saturated heterocycles. The monoisotopic (exact) mass is 649 g/mol. The SMILES string of the molecule is CCOC(=O)c1sc(NC(=O)c2cc(Oc3ccc(-c4nnc(C)o4)cc3)cc(OC3CCN(C)C3=O)c2)nc1COC(C)(C)C. The van der Waals surface area contributed by atoms with E-state index in [-0.39, 0.29) is 40.4 Å². The Kier molecular flexibility index (Phi) is 9.68. The van der Waals surface area contributed by atoms with Crippen molar-refractivity contribution in [1.29, 1.82) is 0 Å². The van der Waals surface area contributed by atoms with Crippen molar-refractivity contribution in [2.45, 2.75) is 59.4 Å². The molecule has 1 atom stereocenters. The molecule has 1 unspecified atom stereocenters. The number of ether oxygens (including phenoxy) is 4. The summed E-state index contributed by atoms with van der Waals surface area (Å²) in [5.74, 6) is 0.657. The Hall–Kier alpha value is -4.82. The van der Waals surface area contributed by atoms with E-state index < -0.39 is 23.6 Å². The summed E-state index contributed by atoms with van der Waals surface area (Å²) in [6.45, 7) is 9.90. The fourth-order valence-electron chi connectivity index (χ4n) is 4.42. The van der Waals surface area contributed by atoms with Crippen LogP contribution in [-0.4, -0.2) is 69.8 Å². The number of nitrogens with one attached hydrogen (secondary N) is 1. The number of amides is 2. The number of rotatable bonds is 11. The molecular weight excluding hydrogens is 614 g/mol. The molecule has 3 heterocycles. The highest BCUT2D eigenvalue weighted by Gasteiger charge is 2.31. The van der Waals surface area contributed by atoms with Crippen molar-refractivity contribution in [3.63, 3.8) is 0 Å². The van der Waals surface area contributed by atoms with Crippen molar-refractivity contribution in [3.05, 3.63) is 64.5 Å². The molecule has 1 aliphatic heterocycles. The quantitative estimate of drug-likeness (QED) is 0.201. The molecule has 46 heavy (non-hydrogen) atoms. The van der Waals surface area contributed by atoms with Gasteiger partial charge in [-0.15, -0.1) is 10.2 Å². The third kappa shape index (κ3) is 8.06. The summed E-state index contributed by atoms with van der Waals surface area (Å²) in [4.78, 5) is 45.1. The number of anilines is 1. The summed E-state index contributed by atoms with van der Waals surface area (Å²) in [5, 5.41) is 10.8. The lowest BCUT2D eigenvalue weighted by molar-refractivity contribution is -0.132. The number of hydrogen-bond acceptors (Lipinski definition) is 12. The molecule has 242 valence electrons. The fourth-order valence-corrected chi connectivity index (χ4v) is 5.28. The Balaban J connectivity index is 1.40. The first kappa shape index (κ1) is 32.6. The Labute approximate surface area is 269 Å². The van der Waals surface area contributed by atoms with E-state index in [1.807, 2.05) is 20.8 Å². The lowest BCUT2D eigenvalue weighted by atomic mass is 10.1. The second-order valence-corrected chi connectivity index (χ2v) is 12.5. The predicted octanol–water partition coefficient (Wildman–Crippen LogP) is 5.65. The Bertz CT molecular complexity index is 1730. The number of aryl methyl sites for hydroxylation is 1. The number of nitrogens with zero attached hydrogens (tertiary/aromatic N) is 4. The molecule has 1 N–H and O–H groups in total. The van der Waals surface area contributed by atoms with Gasteiger partial charge >= 0.3 is 5.97 Å². The zero-order valence-electron chi connectivity index (χ0n) is 26.4. The summed E-state index contributed by atoms with van der Waals surface area (Å²) in [6, 6.07) is 11.7. The van der Waals surface area contributed by atoms with Crippen molar-refractivity contribution in [1.82, 2.24) is 20.1 Å². The topological polar surface area (TPSA) is 155 Å². The van der Waals surface area contributed by atoms with Gasteiger partial charge in [0.1, 0.15) is 22.1 Å². The normalized spacial score (nSPS) is 14.8. The number of aromatic nitrogens is 3. The summed E-state index contributed by atoms with van der Waals surface area (Å²) < 4.78 is 28.6. The molecule has 2 aromatic heterocycles. The van der Waals surface area contributed by atoms with E-state index in [9.17, 15) is 14.4 Å². The van der Waals surface area contributed by atoms with E-state index >= 15 is 0 Å². The van der Waals surface area contributed by atoms with Crippen LogP contribution in [0.3, 0.4) is 0 Å². The lowest BCUT2D eigenvalue weighted by Gasteiger charge is -2.18. The minimum Gasteiger partial charge on any atom is -0.480 e. The zero-order valence-corrected chi connectivity index (χ0v) is 27.2. The molecule has 5 rings (SSSR count). The van der Waals surface area contributed by atoms with Gasteiger partial charge in [-0.2, -0.15) is 0 Å². The van der Waals surface area contributed by atoms with Crippen LogP contribution in [0.1, 0.15) is 65.7 Å². The van der Waals surface area contributed by atoms with Gasteiger partial charge in [-0.05, 0) is 64.1 Å². The first-order valence-corrected chi connectivity index (χ1v) is 15.5. The van der Waals surface area contributed by atoms with Gasteiger partial charge in [0.25, 0.3) is 11.8 Å². The average molecular weight is 650 g/mol. The van der Waals surface area contributed by atoms with E-state index in [4.69, 9.17) is 23.4 Å². The molecule has 1 fully saturated rings. The van der Waals surface area contributed by atoms with Crippen LogP contribution in [0.15, 0.2) is 46.9 Å². The number of hydrogen-bond donors (Lipinski definition) is 1. The van der Waals surface area contributed by atoms with Crippen LogP contribution in [0.2, 0.25) is 0 Å². The maximum atomic E-state index is 13.6. The molecule has 0 aliphatic carbocycles. The highest BCUT2D eigenvalue weighted by atomic mass is 32.1. The van der Waals surface area contributed by atoms with Crippen molar-refractivity contribution >= 4 is 34.3 Å². The maximum absolute atomic E-state index is 13.6. The highest BCUT2D eigenvalue weighted by Crippen LogP contribution is 2.32. The molecule has 1 aliphatic rings. The van der Waals surface area contributed by atoms with Gasteiger partial charge in [0, 0.05) is 44.1 Å². The molecule has 0 saturated carbocycles. The fraction of sp³-hybridized carbons (Fsp3) is 0.375. The van der Waals surface area contributed by atoms with Crippen LogP contribution in [-0.2, 0) is 20.9 Å². The molecule has 2 amide bonds. The van der Waals surface area contributed by atoms with Gasteiger partial charge in [-0.1, -0.05) is 11.3 Å². The minimum atomic E-state index is -0.690. The number of likely N-dealkylation sites (tertiary alicyclic amines) is 1. The molecule has 13 nitrogen and oxygen atoms in total. The molecule has 4 aromatic rings. The van der Waals surface area contributed by atoms with Crippen molar-refractivity contribution in [3.8, 4) is 28.7 Å². The first-order valence-electron chi connectivity index (χ1n) is 14.7. The minimum absolute atomic E-state index is 0.0556. The average Bonchev–Trinajstić information content (AvgIpc) is 3.71. The van der Waals surface area contributed by atoms with Crippen LogP contribution in [0.25, 0.3) is 11.5 Å². The second-order valence-electron chi connectivity index (χ2n) is 11.5. The molecule has 0 radical (unpaired) electrons. The van der Waals surface area contributed by atoms with Gasteiger partial charge < -0.3 is 28.3 Å². The standard InChI is InChI=1S/C32H35N5O8S/c1-7-41-30(40)26-24(17-42-32(3,4)5)33-31(46-26)34-27(38)20-14-22(16-23(15-20)45-25-12-13-37(6)29(25)39)44-21-10-8-19(9-11-21)28-36-35-18(2)43-28/h8-11,14-16,25H,7,12-13,17H2,1-6H3,(H,33,34,38). The Morgan fingerprint density at radius 3 is 2.46 bits per heavy atom. The molecule has 0 spiro atoms. The van der Waals surface area contributed by atoms with Crippen LogP contribution in [0, 0.1) is 6.92 Å². The number of likely N-dealkylation sites (N-methyl/N-ethyl adjacent to an activating group) is 1. The van der Waals surface area contributed by atoms with E-state index in [1.165, 1.54) is 6.07 Å². The largest absolute Gasteiger partial charge is 0.480 e. The van der Waals surface area contributed by atoms with Gasteiger partial charge in [0.05, 0.1) is 24.5 Å². The summed E-state index contributed by atoms with van der Waals surface area (Å²) in [6.07, 6.45) is -0.182. The summed E-state index contributed by atoms with van der Waals surface area (Å²) in [7, 11) is 1.71. The highest BCUT2D eigenvalue weighted by molar-refractivity contribution is 7.17. The second kappa shape index (κ2) is 13.7. The van der Waals surface area contributed by atoms with Crippen molar-refractivity contribution in [2.24, 2.45) is 0 Å². The third-order valence-electron chi connectivity index (χ3n) is 6.68. The van der Waals surface area contributed by atoms with E-state index in [0.717, 1.165) is 11.3 Å². The van der Waals surface area contributed by atoms with E-state index in [2.05, 4.69) is 20.5 Å². The zero-order chi connectivity index (χ0) is 33.0. The lowest BCUT2D eigenvalue weighted by Crippen LogP contribution is -2.29. The molecule has 14 heteroatoms. The van der Waals surface area contributed by atoms with Crippen LogP contribution in [0.4, 0.5) is 5.13 Å². The smallest absolute Gasteiger partial charge is 0.350 e. The van der Waals surface area contributed by atoms with Crippen LogP contribution >= 0.6 is 11.3 Å². The number of benzene rings is 2. The Morgan fingerprint density at radius 2 is 1.83 bits per heavy atom. The Morgan fingerprint density at radius 1 is 1.09 bits per heavy atom. The van der Waals surface area contributed by atoms with E-state index in [0.29, 0.717) is 47.5 Å². The number of esters is 1. The van der Waals surface area contributed by atoms with Gasteiger partial charge in [-0.25, -0.2) is 9.78 Å². The summed E-state index contributed by atoms with van der Waals surface area (Å²) >= 11 is 0.992. The van der Waals surface area contributed by atoms with Gasteiger partial charge in [0.2, 0.25) is 11.8 Å².